The van der Waals surface area contributed by atoms with E-state index in [9.17, 15) is 4.79 Å². The first kappa shape index (κ1) is 28.9. The van der Waals surface area contributed by atoms with Gasteiger partial charge in [0.1, 0.15) is 5.75 Å². The zero-order chi connectivity index (χ0) is 23.4. The van der Waals surface area contributed by atoms with Crippen molar-refractivity contribution in [2.24, 2.45) is 16.7 Å². The predicted octanol–water partition coefficient (Wildman–Crippen LogP) is 3.66. The summed E-state index contributed by atoms with van der Waals surface area (Å²) in [6.07, 6.45) is 0. The first-order valence-corrected chi connectivity index (χ1v) is 9.99. The minimum absolute atomic E-state index is 0.0614. The van der Waals surface area contributed by atoms with E-state index < -0.39 is 0 Å². The molecule has 1 amide bonds. The summed E-state index contributed by atoms with van der Waals surface area (Å²) in [4.78, 5) is 11.9. The second kappa shape index (κ2) is 19.1. The summed E-state index contributed by atoms with van der Waals surface area (Å²) in [5, 5.41) is 8.78. The van der Waals surface area contributed by atoms with Gasteiger partial charge < -0.3 is 32.7 Å². The SMILES string of the molecule is C=NN.CC.CC.CC(CN)Nc1ccc(NC(=O)COc2ccc(N)cc2)cc1. The Labute approximate surface area is 180 Å². The minimum Gasteiger partial charge on any atom is -0.484 e. The second-order valence-corrected chi connectivity index (χ2v) is 5.45. The average molecular weight is 419 g/mol. The number of nitrogens with zero attached hydrogens (tertiary/aromatic N) is 1. The first-order valence-electron chi connectivity index (χ1n) is 9.99. The maximum atomic E-state index is 11.9. The zero-order valence-electron chi connectivity index (χ0n) is 18.8. The molecule has 2 aromatic rings. The smallest absolute Gasteiger partial charge is 0.262 e. The van der Waals surface area contributed by atoms with E-state index in [-0.39, 0.29) is 18.6 Å². The lowest BCUT2D eigenvalue weighted by Crippen LogP contribution is -2.25. The molecular weight excluding hydrogens is 380 g/mol. The number of anilines is 3. The van der Waals surface area contributed by atoms with Crippen LogP contribution >= 0.6 is 0 Å². The first-order chi connectivity index (χ1) is 14.5. The number of hydrazone groups is 1. The van der Waals surface area contributed by atoms with Gasteiger partial charge in [-0.05, 0) is 55.5 Å². The van der Waals surface area contributed by atoms with Crippen molar-refractivity contribution < 1.29 is 9.53 Å². The molecule has 8 heteroatoms. The molecular formula is C22H38N6O2. The maximum Gasteiger partial charge on any atom is 0.262 e. The Balaban J connectivity index is 0. The third kappa shape index (κ3) is 13.8. The van der Waals surface area contributed by atoms with Gasteiger partial charge in [0.15, 0.2) is 6.61 Å². The van der Waals surface area contributed by atoms with Gasteiger partial charge in [-0.15, -0.1) is 0 Å². The molecule has 2 aromatic carbocycles. The Morgan fingerprint density at radius 2 is 1.50 bits per heavy atom. The molecule has 0 heterocycles. The van der Waals surface area contributed by atoms with Crippen molar-refractivity contribution in [3.8, 4) is 5.75 Å². The van der Waals surface area contributed by atoms with Crippen molar-refractivity contribution in [2.75, 3.05) is 29.5 Å². The predicted molar refractivity (Wildman–Crippen MR) is 130 cm³/mol. The molecule has 1 unspecified atom stereocenters. The molecule has 168 valence electrons. The van der Waals surface area contributed by atoms with Crippen LogP contribution < -0.4 is 32.7 Å². The van der Waals surface area contributed by atoms with Crippen molar-refractivity contribution in [1.29, 1.82) is 0 Å². The molecule has 0 fully saturated rings. The summed E-state index contributed by atoms with van der Waals surface area (Å²) in [5.74, 6) is 4.74. The monoisotopic (exact) mass is 418 g/mol. The summed E-state index contributed by atoms with van der Waals surface area (Å²) in [6.45, 7) is 13.4. The number of amides is 1. The Bertz CT molecular complexity index is 675. The number of rotatable bonds is 7. The van der Waals surface area contributed by atoms with Crippen molar-refractivity contribution in [3.05, 3.63) is 48.5 Å². The molecule has 8 N–H and O–H groups in total. The van der Waals surface area contributed by atoms with E-state index in [2.05, 4.69) is 28.3 Å². The highest BCUT2D eigenvalue weighted by atomic mass is 16.5. The van der Waals surface area contributed by atoms with Gasteiger partial charge in [0.25, 0.3) is 5.91 Å². The highest BCUT2D eigenvalue weighted by Crippen LogP contribution is 2.15. The third-order valence-corrected chi connectivity index (χ3v) is 3.19. The van der Waals surface area contributed by atoms with Crippen molar-refractivity contribution in [3.63, 3.8) is 0 Å². The van der Waals surface area contributed by atoms with Crippen LogP contribution in [0.15, 0.2) is 53.6 Å². The summed E-state index contributed by atoms with van der Waals surface area (Å²) in [5.41, 5.74) is 13.5. The third-order valence-electron chi connectivity index (χ3n) is 3.19. The number of carbonyl (C=O) groups is 1. The van der Waals surface area contributed by atoms with Gasteiger partial charge >= 0.3 is 0 Å². The van der Waals surface area contributed by atoms with E-state index >= 15 is 0 Å². The van der Waals surface area contributed by atoms with E-state index in [4.69, 9.17) is 16.2 Å². The average Bonchev–Trinajstić information content (AvgIpc) is 2.78. The Kier molecular flexibility index (Phi) is 18.4. The molecule has 0 aromatic heterocycles. The molecule has 0 aliphatic carbocycles. The second-order valence-electron chi connectivity index (χ2n) is 5.45. The van der Waals surface area contributed by atoms with E-state index in [0.717, 1.165) is 5.69 Å². The number of benzene rings is 2. The van der Waals surface area contributed by atoms with Crippen LogP contribution in [-0.2, 0) is 4.79 Å². The fourth-order valence-corrected chi connectivity index (χ4v) is 1.90. The molecule has 2 rings (SSSR count). The molecule has 0 aliphatic rings. The highest BCUT2D eigenvalue weighted by Gasteiger charge is 2.04. The lowest BCUT2D eigenvalue weighted by molar-refractivity contribution is -0.118. The van der Waals surface area contributed by atoms with E-state index in [1.807, 2.05) is 58.9 Å². The molecule has 0 bridgehead atoms. The summed E-state index contributed by atoms with van der Waals surface area (Å²) < 4.78 is 5.39. The van der Waals surface area contributed by atoms with Gasteiger partial charge in [-0.2, -0.15) is 5.10 Å². The quantitative estimate of drug-likeness (QED) is 0.201. The molecule has 8 nitrogen and oxygen atoms in total. The molecule has 0 saturated carbocycles. The molecule has 0 radical (unpaired) electrons. The molecule has 0 spiro atoms. The highest BCUT2D eigenvalue weighted by molar-refractivity contribution is 5.92. The van der Waals surface area contributed by atoms with Crippen LogP contribution in [0.25, 0.3) is 0 Å². The number of hydrogen-bond donors (Lipinski definition) is 5. The number of nitrogen functional groups attached to an aromatic ring is 1. The fourth-order valence-electron chi connectivity index (χ4n) is 1.90. The standard InChI is InChI=1S/C17H22N4O2.2C2H6.CH4N2/c1-12(10-18)20-14-4-6-15(7-5-14)21-17(22)11-23-16-8-2-13(19)3-9-16;2*1-2;1-3-2/h2-9,12,20H,10-11,18-19H2,1H3,(H,21,22);2*1-2H3;1-2H2. The number of ether oxygens (including phenoxy) is 1. The minimum atomic E-state index is -0.224. The zero-order valence-corrected chi connectivity index (χ0v) is 18.8. The van der Waals surface area contributed by atoms with E-state index in [1.54, 1.807) is 24.3 Å². The Morgan fingerprint density at radius 1 is 1.03 bits per heavy atom. The van der Waals surface area contributed by atoms with Crippen molar-refractivity contribution in [1.82, 2.24) is 0 Å². The Morgan fingerprint density at radius 3 is 1.97 bits per heavy atom. The van der Waals surface area contributed by atoms with Crippen LogP contribution in [-0.4, -0.2) is 31.8 Å². The lowest BCUT2D eigenvalue weighted by Gasteiger charge is -2.13. The molecule has 0 saturated heterocycles. The lowest BCUT2D eigenvalue weighted by atomic mass is 10.2. The number of nitrogens with two attached hydrogens (primary N) is 3. The largest absolute Gasteiger partial charge is 0.484 e. The van der Waals surface area contributed by atoms with Gasteiger partial charge in [-0.25, -0.2) is 0 Å². The summed E-state index contributed by atoms with van der Waals surface area (Å²) in [7, 11) is 0. The van der Waals surface area contributed by atoms with Crippen LogP contribution in [0.5, 0.6) is 5.75 Å². The van der Waals surface area contributed by atoms with E-state index in [1.165, 1.54) is 0 Å². The van der Waals surface area contributed by atoms with Gasteiger partial charge in [-0.1, -0.05) is 27.7 Å². The van der Waals surface area contributed by atoms with Crippen LogP contribution in [0.3, 0.4) is 0 Å². The van der Waals surface area contributed by atoms with Crippen molar-refractivity contribution >= 4 is 29.7 Å². The van der Waals surface area contributed by atoms with Crippen LogP contribution in [0.4, 0.5) is 17.1 Å². The molecule has 0 aliphatic heterocycles. The molecule has 30 heavy (non-hydrogen) atoms. The fraction of sp³-hybridized carbons (Fsp3) is 0.364. The maximum absolute atomic E-state index is 11.9. The number of nitrogens with one attached hydrogen (secondary N) is 2. The summed E-state index contributed by atoms with van der Waals surface area (Å²) >= 11 is 0. The van der Waals surface area contributed by atoms with Gasteiger partial charge in [0, 0.05) is 36.4 Å². The normalized spacial score (nSPS) is 9.67. The van der Waals surface area contributed by atoms with Crippen LogP contribution in [0.1, 0.15) is 34.6 Å². The van der Waals surface area contributed by atoms with Crippen LogP contribution in [0, 0.1) is 0 Å². The van der Waals surface area contributed by atoms with Gasteiger partial charge in [0.05, 0.1) is 0 Å². The van der Waals surface area contributed by atoms with Gasteiger partial charge in [-0.3, -0.25) is 4.79 Å². The van der Waals surface area contributed by atoms with Gasteiger partial charge in [0.2, 0.25) is 0 Å². The van der Waals surface area contributed by atoms with Crippen LogP contribution in [0.2, 0.25) is 0 Å². The van der Waals surface area contributed by atoms with Crippen molar-refractivity contribution in [2.45, 2.75) is 40.7 Å². The topological polar surface area (TPSA) is 141 Å². The Hall–Kier alpha value is -3.26. The number of hydrogen-bond acceptors (Lipinski definition) is 7. The van der Waals surface area contributed by atoms with E-state index in [0.29, 0.717) is 23.7 Å². The summed E-state index contributed by atoms with van der Waals surface area (Å²) in [6, 6.07) is 14.5. The molecule has 1 atom stereocenters. The number of carbonyl (C=O) groups excluding carboxylic acids is 1.